The average molecular weight is 651 g/mol. The van der Waals surface area contributed by atoms with Crippen molar-refractivity contribution in [1.82, 2.24) is 19.5 Å². The summed E-state index contributed by atoms with van der Waals surface area (Å²) in [7, 11) is -4.20. The molecule has 0 aliphatic rings. The number of hydrogen-bond donors (Lipinski definition) is 2. The fraction of sp³-hybridized carbons (Fsp3) is 0.833. The monoisotopic (exact) mass is 650 g/mol. The standard InChI is InChI=1S/C30H57N6O6P.Na/c1-3-5-6-7-8-9-10-11-12-13-14-15-16-17-19-40-20-18-21-42-43(37,38)25-41-26(23-39-4-2)22-36-24-33-27-28(31)34-30(32)35-29(27)36;/h24,26H,3-23,25H2,1-2H3,(H,37,38)(H4,31,32,34,35);/q;+1/p-1. The zero-order valence-corrected chi connectivity index (χ0v) is 30.4. The van der Waals surface area contributed by atoms with Gasteiger partial charge in [-0.1, -0.05) is 90.4 Å². The molecular formula is C30H56N6NaO6P. The molecule has 0 aliphatic heterocycles. The summed E-state index contributed by atoms with van der Waals surface area (Å²) in [6, 6.07) is 0. The van der Waals surface area contributed by atoms with Gasteiger partial charge in [-0.15, -0.1) is 0 Å². The van der Waals surface area contributed by atoms with Crippen molar-refractivity contribution in [1.29, 1.82) is 0 Å². The molecule has 248 valence electrons. The van der Waals surface area contributed by atoms with Gasteiger partial charge in [-0.3, -0.25) is 0 Å². The van der Waals surface area contributed by atoms with Gasteiger partial charge in [-0.25, -0.2) is 4.98 Å². The third-order valence-corrected chi connectivity index (χ3v) is 8.29. The fourth-order valence-electron chi connectivity index (χ4n) is 4.84. The first-order valence-electron chi connectivity index (χ1n) is 16.3. The average Bonchev–Trinajstić information content (AvgIpc) is 3.38. The molecule has 0 saturated carbocycles. The van der Waals surface area contributed by atoms with Crippen LogP contribution in [0.5, 0.6) is 0 Å². The van der Waals surface area contributed by atoms with Crippen LogP contribution < -0.4 is 45.9 Å². The van der Waals surface area contributed by atoms with E-state index in [0.29, 0.717) is 37.4 Å². The van der Waals surface area contributed by atoms with Crippen LogP contribution in [0.2, 0.25) is 0 Å². The van der Waals surface area contributed by atoms with Crippen molar-refractivity contribution >= 4 is 30.5 Å². The summed E-state index contributed by atoms with van der Waals surface area (Å²) in [5, 5.41) is 0. The second-order valence-electron chi connectivity index (χ2n) is 11.1. The van der Waals surface area contributed by atoms with Crippen LogP contribution in [-0.4, -0.2) is 65.0 Å². The summed E-state index contributed by atoms with van der Waals surface area (Å²) < 4.78 is 36.0. The smallest absolute Gasteiger partial charge is 0.777 e. The molecule has 0 amide bonds. The second-order valence-corrected chi connectivity index (χ2v) is 12.9. The summed E-state index contributed by atoms with van der Waals surface area (Å²) in [6.07, 6.45) is 19.4. The predicted molar refractivity (Wildman–Crippen MR) is 170 cm³/mol. The molecule has 2 rings (SSSR count). The Labute approximate surface area is 286 Å². The maximum Gasteiger partial charge on any atom is 1.00 e. The number of imidazole rings is 1. The van der Waals surface area contributed by atoms with Crippen molar-refractivity contribution in [3.8, 4) is 0 Å². The molecule has 2 heterocycles. The Balaban J connectivity index is 0.00000968. The molecule has 2 aromatic heterocycles. The van der Waals surface area contributed by atoms with Crippen molar-refractivity contribution in [2.45, 2.75) is 123 Å². The molecule has 2 unspecified atom stereocenters. The molecule has 0 aromatic carbocycles. The number of nitrogen functional groups attached to an aromatic ring is 2. The predicted octanol–water partition coefficient (Wildman–Crippen LogP) is 2.83. The number of nitrogens with two attached hydrogens (primary N) is 2. The van der Waals surface area contributed by atoms with Crippen molar-refractivity contribution in [2.75, 3.05) is 50.8 Å². The van der Waals surface area contributed by atoms with Crippen molar-refractivity contribution < 1.29 is 57.8 Å². The van der Waals surface area contributed by atoms with E-state index < -0.39 is 20.0 Å². The topological polar surface area (TPSA) is 173 Å². The van der Waals surface area contributed by atoms with Gasteiger partial charge in [-0.05, 0) is 19.8 Å². The van der Waals surface area contributed by atoms with Crippen molar-refractivity contribution in [2.24, 2.45) is 0 Å². The van der Waals surface area contributed by atoms with E-state index >= 15 is 0 Å². The van der Waals surface area contributed by atoms with Crippen molar-refractivity contribution in [3.63, 3.8) is 0 Å². The van der Waals surface area contributed by atoms with Crippen LogP contribution in [0, 0.1) is 0 Å². The molecule has 0 aliphatic carbocycles. The van der Waals surface area contributed by atoms with Crippen LogP contribution in [0.3, 0.4) is 0 Å². The van der Waals surface area contributed by atoms with Crippen LogP contribution in [-0.2, 0) is 29.8 Å². The van der Waals surface area contributed by atoms with E-state index in [1.54, 1.807) is 4.57 Å². The first kappa shape index (κ1) is 41.2. The van der Waals surface area contributed by atoms with Gasteiger partial charge >= 0.3 is 29.6 Å². The molecular weight excluding hydrogens is 594 g/mol. The Morgan fingerprint density at radius 2 is 1.43 bits per heavy atom. The molecule has 0 radical (unpaired) electrons. The summed E-state index contributed by atoms with van der Waals surface area (Å²) in [5.74, 6) is 0.194. The minimum absolute atomic E-state index is 0. The zero-order chi connectivity index (χ0) is 31.2. The number of rotatable bonds is 28. The van der Waals surface area contributed by atoms with Crippen molar-refractivity contribution in [3.05, 3.63) is 6.33 Å². The van der Waals surface area contributed by atoms with Gasteiger partial charge in [0.05, 0.1) is 32.2 Å². The Morgan fingerprint density at radius 3 is 2.05 bits per heavy atom. The molecule has 2 aromatic rings. The molecule has 14 heteroatoms. The minimum atomic E-state index is -4.20. The summed E-state index contributed by atoms with van der Waals surface area (Å²) in [4.78, 5) is 24.7. The van der Waals surface area contributed by atoms with Gasteiger partial charge in [0, 0.05) is 19.8 Å². The van der Waals surface area contributed by atoms with E-state index in [1.165, 1.54) is 89.8 Å². The van der Waals surface area contributed by atoms with Gasteiger partial charge in [0.15, 0.2) is 19.1 Å². The maximum absolute atomic E-state index is 12.4. The Hall–Kier alpha value is -0.820. The molecule has 2 atom stereocenters. The van der Waals surface area contributed by atoms with Crippen LogP contribution >= 0.6 is 7.60 Å². The number of nitrogens with zero attached hydrogens (tertiary/aromatic N) is 4. The first-order chi connectivity index (χ1) is 20.9. The van der Waals surface area contributed by atoms with Gasteiger partial charge in [-0.2, -0.15) is 9.97 Å². The normalized spacial score (nSPS) is 13.6. The van der Waals surface area contributed by atoms with E-state index in [9.17, 15) is 9.46 Å². The molecule has 12 nitrogen and oxygen atoms in total. The number of fused-ring (bicyclic) bond motifs is 1. The number of unbranched alkanes of at least 4 members (excludes halogenated alkanes) is 13. The Kier molecular flexibility index (Phi) is 23.7. The molecule has 0 saturated heterocycles. The third-order valence-electron chi connectivity index (χ3n) is 7.25. The van der Waals surface area contributed by atoms with Crippen LogP contribution in [0.4, 0.5) is 11.8 Å². The minimum Gasteiger partial charge on any atom is -0.777 e. The van der Waals surface area contributed by atoms with Crippen LogP contribution in [0.25, 0.3) is 11.2 Å². The summed E-state index contributed by atoms with van der Waals surface area (Å²) in [6.45, 7) is 6.20. The number of anilines is 2. The number of hydrogen-bond acceptors (Lipinski definition) is 11. The molecule has 0 spiro atoms. The quantitative estimate of drug-likeness (QED) is 0.0788. The van der Waals surface area contributed by atoms with Gasteiger partial charge in [0.25, 0.3) is 0 Å². The van der Waals surface area contributed by atoms with E-state index in [-0.39, 0.29) is 61.1 Å². The zero-order valence-electron chi connectivity index (χ0n) is 27.6. The van der Waals surface area contributed by atoms with Gasteiger partial charge in [0.2, 0.25) is 5.95 Å². The van der Waals surface area contributed by atoms with Crippen LogP contribution in [0.15, 0.2) is 6.33 Å². The Bertz CT molecular complexity index is 1050. The largest absolute Gasteiger partial charge is 1.00 e. The SMILES string of the molecule is CCCCCCCCCCCCCCCCOCCCOP(=O)([O-])COC(COCC)Cn1cnc2c(N)nc(N)nc21.[Na+]. The van der Waals surface area contributed by atoms with E-state index in [1.807, 2.05) is 6.92 Å². The maximum atomic E-state index is 12.4. The number of aromatic nitrogens is 4. The molecule has 4 N–H and O–H groups in total. The number of ether oxygens (including phenoxy) is 3. The molecule has 0 fully saturated rings. The summed E-state index contributed by atoms with van der Waals surface area (Å²) >= 11 is 0. The van der Waals surface area contributed by atoms with Gasteiger partial charge in [0.1, 0.15) is 11.9 Å². The molecule has 0 bridgehead atoms. The second kappa shape index (κ2) is 25.3. The van der Waals surface area contributed by atoms with E-state index in [4.69, 9.17) is 30.2 Å². The first-order valence-corrected chi connectivity index (χ1v) is 18.0. The van der Waals surface area contributed by atoms with Crippen LogP contribution in [0.1, 0.15) is 110 Å². The Morgan fingerprint density at radius 1 is 0.841 bits per heavy atom. The van der Waals surface area contributed by atoms with E-state index in [0.717, 1.165) is 6.42 Å². The summed E-state index contributed by atoms with van der Waals surface area (Å²) in [5.41, 5.74) is 12.4. The van der Waals surface area contributed by atoms with Gasteiger partial charge < -0.3 is 44.2 Å². The third kappa shape index (κ3) is 18.4. The van der Waals surface area contributed by atoms with E-state index in [2.05, 4.69) is 21.9 Å². The molecule has 44 heavy (non-hydrogen) atoms. The fourth-order valence-corrected chi connectivity index (χ4v) is 5.71.